The smallest absolute Gasteiger partial charge is 0.164 e. The molecule has 0 bridgehead atoms. The third-order valence-corrected chi connectivity index (χ3v) is 12.4. The Morgan fingerprint density at radius 1 is 0.276 bits per heavy atom. The zero-order chi connectivity index (χ0) is 38.8. The Morgan fingerprint density at radius 3 is 1.21 bits per heavy atom. The highest BCUT2D eigenvalue weighted by atomic mass is 15.0. The molecule has 0 radical (unpaired) electrons. The molecule has 0 aliphatic heterocycles. The molecular formula is C55H39N3. The van der Waals surface area contributed by atoms with E-state index in [0.717, 1.165) is 22.3 Å². The monoisotopic (exact) mass is 741 g/mol. The largest absolute Gasteiger partial charge is 0.208 e. The fourth-order valence-corrected chi connectivity index (χ4v) is 9.75. The van der Waals surface area contributed by atoms with Crippen molar-refractivity contribution >= 4 is 0 Å². The van der Waals surface area contributed by atoms with E-state index in [4.69, 9.17) is 15.0 Å². The van der Waals surface area contributed by atoms with Gasteiger partial charge in [0.1, 0.15) is 0 Å². The molecule has 0 saturated heterocycles. The van der Waals surface area contributed by atoms with Gasteiger partial charge in [0, 0.05) is 22.1 Å². The van der Waals surface area contributed by atoms with Gasteiger partial charge >= 0.3 is 0 Å². The maximum Gasteiger partial charge on any atom is 0.164 e. The third kappa shape index (κ3) is 5.10. The zero-order valence-electron chi connectivity index (χ0n) is 32.4. The van der Waals surface area contributed by atoms with E-state index < -0.39 is 5.41 Å². The lowest BCUT2D eigenvalue weighted by Gasteiger charge is -2.46. The van der Waals surface area contributed by atoms with Crippen molar-refractivity contribution in [3.63, 3.8) is 0 Å². The van der Waals surface area contributed by atoms with Crippen LogP contribution in [0.25, 0.3) is 67.5 Å². The first-order valence-electron chi connectivity index (χ1n) is 20.0. The molecule has 0 amide bonds. The van der Waals surface area contributed by atoms with Crippen LogP contribution >= 0.6 is 0 Å². The molecule has 3 heteroatoms. The number of rotatable bonds is 5. The highest BCUT2D eigenvalue weighted by Gasteiger charge is 2.53. The van der Waals surface area contributed by atoms with Crippen LogP contribution in [-0.2, 0) is 10.8 Å². The Morgan fingerprint density at radius 2 is 0.638 bits per heavy atom. The summed E-state index contributed by atoms with van der Waals surface area (Å²) in [6, 6.07) is 71.9. The van der Waals surface area contributed by atoms with E-state index in [1.54, 1.807) is 0 Å². The van der Waals surface area contributed by atoms with Crippen LogP contribution in [0.5, 0.6) is 0 Å². The summed E-state index contributed by atoms with van der Waals surface area (Å²) >= 11 is 0. The SMILES string of the molecule is CC1(C)c2ccccc2C2(c3ccccc3-c3ccc(-c4nc(-c5ccccc5)nc(-c5ccc(-c6ccccc6-c6ccccc6)cc5)n4)cc32)c2ccccc21. The van der Waals surface area contributed by atoms with Gasteiger partial charge in [-0.05, 0) is 72.8 Å². The van der Waals surface area contributed by atoms with Crippen molar-refractivity contribution in [3.05, 3.63) is 234 Å². The zero-order valence-corrected chi connectivity index (χ0v) is 32.4. The predicted octanol–water partition coefficient (Wildman–Crippen LogP) is 13.2. The lowest BCUT2D eigenvalue weighted by atomic mass is 9.55. The van der Waals surface area contributed by atoms with Crippen LogP contribution in [0.2, 0.25) is 0 Å². The molecule has 0 saturated carbocycles. The molecule has 1 spiro atoms. The van der Waals surface area contributed by atoms with E-state index in [2.05, 4.69) is 196 Å². The van der Waals surface area contributed by atoms with Crippen molar-refractivity contribution in [1.82, 2.24) is 15.0 Å². The number of nitrogens with zero attached hydrogens (tertiary/aromatic N) is 3. The molecule has 2 aliphatic carbocycles. The van der Waals surface area contributed by atoms with Crippen molar-refractivity contribution in [2.75, 3.05) is 0 Å². The summed E-state index contributed by atoms with van der Waals surface area (Å²) in [7, 11) is 0. The summed E-state index contributed by atoms with van der Waals surface area (Å²) in [5.74, 6) is 1.93. The number of hydrogen-bond acceptors (Lipinski definition) is 3. The van der Waals surface area contributed by atoms with Crippen molar-refractivity contribution in [2.24, 2.45) is 0 Å². The maximum absolute atomic E-state index is 5.26. The summed E-state index contributed by atoms with van der Waals surface area (Å²) in [4.78, 5) is 15.6. The fourth-order valence-electron chi connectivity index (χ4n) is 9.75. The van der Waals surface area contributed by atoms with Crippen LogP contribution in [-0.4, -0.2) is 15.0 Å². The molecule has 9 aromatic rings. The summed E-state index contributed by atoms with van der Waals surface area (Å²) in [6.45, 7) is 4.73. The molecule has 58 heavy (non-hydrogen) atoms. The molecule has 1 aromatic heterocycles. The summed E-state index contributed by atoms with van der Waals surface area (Å²) in [5.41, 5.74) is 17.3. The Labute approximate surface area is 339 Å². The molecule has 2 aliphatic rings. The second kappa shape index (κ2) is 13.2. The van der Waals surface area contributed by atoms with Gasteiger partial charge in [0.25, 0.3) is 0 Å². The normalized spacial score (nSPS) is 14.0. The third-order valence-electron chi connectivity index (χ3n) is 12.4. The highest BCUT2D eigenvalue weighted by molar-refractivity contribution is 5.90. The van der Waals surface area contributed by atoms with Gasteiger partial charge in [-0.1, -0.05) is 208 Å². The van der Waals surface area contributed by atoms with E-state index in [-0.39, 0.29) is 5.41 Å². The van der Waals surface area contributed by atoms with Crippen molar-refractivity contribution in [1.29, 1.82) is 0 Å². The van der Waals surface area contributed by atoms with Gasteiger partial charge in [-0.15, -0.1) is 0 Å². The molecule has 11 rings (SSSR count). The van der Waals surface area contributed by atoms with E-state index >= 15 is 0 Å². The minimum atomic E-state index is -0.505. The van der Waals surface area contributed by atoms with Crippen LogP contribution < -0.4 is 0 Å². The minimum Gasteiger partial charge on any atom is -0.208 e. The number of fused-ring (bicyclic) bond motifs is 9. The average molecular weight is 742 g/mol. The summed E-state index contributed by atoms with van der Waals surface area (Å²) in [5, 5.41) is 0. The molecular weight excluding hydrogens is 703 g/mol. The summed E-state index contributed by atoms with van der Waals surface area (Å²) in [6.07, 6.45) is 0. The standard InChI is InChI=1S/C55H39N3/c1-54(2)46-25-13-15-27-48(46)55(49-28-16-14-26-47(49)54)45-24-12-11-23-43(45)44-34-33-40(35-50(44)55)53-57-51(38-19-7-4-8-20-38)56-52(58-53)39-31-29-37(30-32-39)42-22-10-9-21-41(42)36-17-5-3-6-18-36/h3-35H,1-2H3. The van der Waals surface area contributed by atoms with Crippen molar-refractivity contribution in [3.8, 4) is 67.5 Å². The van der Waals surface area contributed by atoms with Crippen LogP contribution in [0.3, 0.4) is 0 Å². The molecule has 0 N–H and O–H groups in total. The second-order valence-electron chi connectivity index (χ2n) is 15.9. The van der Waals surface area contributed by atoms with Crippen LogP contribution in [0.4, 0.5) is 0 Å². The molecule has 1 heterocycles. The van der Waals surface area contributed by atoms with Crippen LogP contribution in [0.15, 0.2) is 200 Å². The minimum absolute atomic E-state index is 0.166. The van der Waals surface area contributed by atoms with Gasteiger partial charge in [0.15, 0.2) is 17.5 Å². The van der Waals surface area contributed by atoms with Crippen LogP contribution in [0, 0.1) is 0 Å². The first-order valence-corrected chi connectivity index (χ1v) is 20.0. The fraction of sp³-hybridized carbons (Fsp3) is 0.0727. The lowest BCUT2D eigenvalue weighted by molar-refractivity contribution is 0.563. The molecule has 0 unspecified atom stereocenters. The Kier molecular flexibility index (Phi) is 7.74. The van der Waals surface area contributed by atoms with Gasteiger partial charge in [-0.3, -0.25) is 0 Å². The molecule has 0 fully saturated rings. The lowest BCUT2D eigenvalue weighted by Crippen LogP contribution is -2.40. The van der Waals surface area contributed by atoms with Gasteiger partial charge in [-0.2, -0.15) is 0 Å². The predicted molar refractivity (Wildman–Crippen MR) is 236 cm³/mol. The number of hydrogen-bond donors (Lipinski definition) is 0. The molecule has 0 atom stereocenters. The number of benzene rings is 8. The average Bonchev–Trinajstić information content (AvgIpc) is 3.59. The second-order valence-corrected chi connectivity index (χ2v) is 15.9. The van der Waals surface area contributed by atoms with E-state index in [1.165, 1.54) is 61.2 Å². The van der Waals surface area contributed by atoms with E-state index in [9.17, 15) is 0 Å². The molecule has 3 nitrogen and oxygen atoms in total. The van der Waals surface area contributed by atoms with Crippen molar-refractivity contribution < 1.29 is 0 Å². The first-order chi connectivity index (χ1) is 28.5. The topological polar surface area (TPSA) is 38.7 Å². The van der Waals surface area contributed by atoms with Gasteiger partial charge < -0.3 is 0 Å². The molecule has 8 aromatic carbocycles. The van der Waals surface area contributed by atoms with Crippen LogP contribution in [0.1, 0.15) is 47.2 Å². The van der Waals surface area contributed by atoms with E-state index in [1.807, 2.05) is 18.2 Å². The Bertz CT molecular complexity index is 2970. The number of aromatic nitrogens is 3. The highest BCUT2D eigenvalue weighted by Crippen LogP contribution is 2.62. The first kappa shape index (κ1) is 34.1. The van der Waals surface area contributed by atoms with Gasteiger partial charge in [0.05, 0.1) is 5.41 Å². The maximum atomic E-state index is 5.26. The van der Waals surface area contributed by atoms with Gasteiger partial charge in [-0.25, -0.2) is 15.0 Å². The van der Waals surface area contributed by atoms with Crippen molar-refractivity contribution in [2.45, 2.75) is 24.7 Å². The molecule has 274 valence electrons. The van der Waals surface area contributed by atoms with E-state index in [0.29, 0.717) is 17.5 Å². The Hall–Kier alpha value is -7.23. The summed E-state index contributed by atoms with van der Waals surface area (Å²) < 4.78 is 0. The van der Waals surface area contributed by atoms with Gasteiger partial charge in [0.2, 0.25) is 0 Å². The quantitative estimate of drug-likeness (QED) is 0.176. The Balaban J connectivity index is 1.09.